The Morgan fingerprint density at radius 3 is 0.541 bits per heavy atom. The van der Waals surface area contributed by atoms with Crippen molar-refractivity contribution in [3.8, 4) is 28.7 Å². The number of hydrogen-bond donors (Lipinski definition) is 0. The summed E-state index contributed by atoms with van der Waals surface area (Å²) in [5.41, 5.74) is 6.50. The summed E-state index contributed by atoms with van der Waals surface area (Å²) >= 11 is 0. The molecule has 5 aromatic carbocycles. The van der Waals surface area contributed by atoms with Gasteiger partial charge >= 0.3 is 0 Å². The van der Waals surface area contributed by atoms with Gasteiger partial charge in [0, 0.05) is 29.6 Å². The van der Waals surface area contributed by atoms with Crippen molar-refractivity contribution in [3.05, 3.63) is 149 Å². The normalized spacial score (nSPS) is 37.0. The van der Waals surface area contributed by atoms with Gasteiger partial charge in [0.1, 0.15) is 28.7 Å². The predicted molar refractivity (Wildman–Crippen MR) is 487 cm³/mol. The van der Waals surface area contributed by atoms with E-state index in [0.717, 1.165) is 150 Å². The second-order valence-electron chi connectivity index (χ2n) is 47.6. The van der Waals surface area contributed by atoms with Gasteiger partial charge in [0.15, 0.2) is 0 Å². The van der Waals surface area contributed by atoms with E-state index in [1.54, 1.807) is 0 Å². The molecule has 5 aromatic rings. The Morgan fingerprint density at radius 2 is 0.369 bits per heavy atom. The maximum Gasteiger partial charge on any atom is 0.202 e. The van der Waals surface area contributed by atoms with Gasteiger partial charge < -0.3 is 47.4 Å². The SMILES string of the molecule is CCC(CC(CC(CC(CC(C)c1ccc(OC(OC23CC4CC(CC(C4)C2)C3)C(C)C)cc1)c1ccc(OC(OC23CC4CC(CC(C4)C2)C3)C(C)C)cc1)c1ccc(OC(OC23CC4CC(CC(C4)C2)C3)C(C)C)cc1)c1ccc(OC(OC23CC4CC(CC(C4)C2)C3)C(C)C)cc1)c1ccc(OC(OC23CC4CC(CC(C4)C2)C3)C(C)C)cc1. The van der Waals surface area contributed by atoms with Gasteiger partial charge in [0.2, 0.25) is 31.5 Å². The molecular formula is C112H156O10. The van der Waals surface area contributed by atoms with Crippen LogP contribution in [0.4, 0.5) is 0 Å². The van der Waals surface area contributed by atoms with Crippen molar-refractivity contribution >= 4 is 0 Å². The molecular weight excluding hydrogens is 1510 g/mol. The highest BCUT2D eigenvalue weighted by molar-refractivity contribution is 5.38. The molecule has 10 heteroatoms. The molecule has 20 bridgehead atoms. The van der Waals surface area contributed by atoms with Crippen LogP contribution >= 0.6 is 0 Å². The summed E-state index contributed by atoms with van der Waals surface area (Å²) in [6.45, 7) is 27.8. The van der Waals surface area contributed by atoms with Gasteiger partial charge in [-0.05, 0) is 432 Å². The summed E-state index contributed by atoms with van der Waals surface area (Å²) in [6, 6.07) is 46.9. The van der Waals surface area contributed by atoms with E-state index in [0.29, 0.717) is 0 Å². The fourth-order valence-corrected chi connectivity index (χ4v) is 31.6. The van der Waals surface area contributed by atoms with Crippen molar-refractivity contribution in [1.82, 2.24) is 0 Å². The summed E-state index contributed by atoms with van der Waals surface area (Å²) in [5, 5.41) is 0. The molecule has 20 fully saturated rings. The Morgan fingerprint density at radius 1 is 0.213 bits per heavy atom. The van der Waals surface area contributed by atoms with Crippen LogP contribution in [0.5, 0.6) is 28.7 Å². The Balaban J connectivity index is 0.627. The van der Waals surface area contributed by atoms with Gasteiger partial charge in [-0.1, -0.05) is 144 Å². The Bertz CT molecular complexity index is 4110. The number of ether oxygens (including phenoxy) is 10. The first-order chi connectivity index (χ1) is 58.8. The smallest absolute Gasteiger partial charge is 0.202 e. The second kappa shape index (κ2) is 34.7. The minimum absolute atomic E-state index is 0.0391. The van der Waals surface area contributed by atoms with Gasteiger partial charge in [-0.3, -0.25) is 0 Å². The lowest BCUT2D eigenvalue weighted by Gasteiger charge is -2.57. The first kappa shape index (κ1) is 85.0. The zero-order chi connectivity index (χ0) is 83.6. The lowest BCUT2D eigenvalue weighted by molar-refractivity contribution is -0.243. The van der Waals surface area contributed by atoms with Crippen molar-refractivity contribution in [2.45, 2.75) is 397 Å². The van der Waals surface area contributed by atoms with Crippen LogP contribution in [-0.4, -0.2) is 59.5 Å². The third-order valence-corrected chi connectivity index (χ3v) is 35.4. The minimum atomic E-state index is -0.318. The van der Waals surface area contributed by atoms with E-state index in [2.05, 4.69) is 204 Å². The maximum absolute atomic E-state index is 7.42. The Hall–Kier alpha value is -5.10. The molecule has 0 spiro atoms. The molecule has 20 saturated carbocycles. The Labute approximate surface area is 736 Å². The largest absolute Gasteiger partial charge is 0.465 e. The molecule has 0 amide bonds. The second-order valence-corrected chi connectivity index (χ2v) is 47.6. The van der Waals surface area contributed by atoms with Crippen LogP contribution in [0.1, 0.15) is 365 Å². The molecule has 0 radical (unpaired) electrons. The zero-order valence-electron chi connectivity index (χ0n) is 77.2. The van der Waals surface area contributed by atoms with E-state index in [9.17, 15) is 0 Å². The quantitative estimate of drug-likeness (QED) is 0.0354. The summed E-state index contributed by atoms with van der Waals surface area (Å²) in [4.78, 5) is 0. The van der Waals surface area contributed by atoms with Crippen molar-refractivity contribution < 1.29 is 47.4 Å². The van der Waals surface area contributed by atoms with E-state index in [1.807, 2.05) is 0 Å². The first-order valence-electron chi connectivity index (χ1n) is 51.0. The van der Waals surface area contributed by atoms with Crippen molar-refractivity contribution in [2.24, 2.45) is 118 Å². The molecule has 10 atom stereocenters. The topological polar surface area (TPSA) is 92.3 Å². The average molecular weight is 1660 g/mol. The number of benzene rings is 5. The van der Waals surface area contributed by atoms with E-state index < -0.39 is 0 Å². The first-order valence-corrected chi connectivity index (χ1v) is 51.0. The van der Waals surface area contributed by atoms with E-state index in [1.165, 1.54) is 220 Å². The molecule has 20 aliphatic rings. The number of hydrogen-bond acceptors (Lipinski definition) is 10. The monoisotopic (exact) mass is 1660 g/mol. The Kier molecular flexibility index (Phi) is 24.2. The predicted octanol–water partition coefficient (Wildman–Crippen LogP) is 28.6. The van der Waals surface area contributed by atoms with Crippen LogP contribution in [0.25, 0.3) is 0 Å². The lowest BCUT2D eigenvalue weighted by Crippen LogP contribution is -2.54. The zero-order valence-corrected chi connectivity index (χ0v) is 77.2. The molecule has 20 aliphatic carbocycles. The van der Waals surface area contributed by atoms with Gasteiger partial charge in [0.05, 0.1) is 28.0 Å². The van der Waals surface area contributed by atoms with Crippen molar-refractivity contribution in [3.63, 3.8) is 0 Å². The molecule has 0 N–H and O–H groups in total. The molecule has 0 aromatic heterocycles. The fraction of sp³-hybridized carbons (Fsp3) is 0.732. The van der Waals surface area contributed by atoms with E-state index in [4.69, 9.17) is 47.4 Å². The molecule has 0 saturated heterocycles. The molecule has 122 heavy (non-hydrogen) atoms. The third kappa shape index (κ3) is 18.6. The van der Waals surface area contributed by atoms with Crippen LogP contribution in [0.3, 0.4) is 0 Å². The van der Waals surface area contributed by atoms with E-state index >= 15 is 0 Å². The highest BCUT2D eigenvalue weighted by atomic mass is 16.7. The molecule has 25 rings (SSSR count). The molecule has 0 heterocycles. The van der Waals surface area contributed by atoms with Gasteiger partial charge in [-0.2, -0.15) is 0 Å². The molecule has 0 aliphatic heterocycles. The average Bonchev–Trinajstić information content (AvgIpc) is 0.765. The van der Waals surface area contributed by atoms with Crippen molar-refractivity contribution in [2.75, 3.05) is 0 Å². The van der Waals surface area contributed by atoms with Gasteiger partial charge in [-0.25, -0.2) is 0 Å². The minimum Gasteiger partial charge on any atom is -0.465 e. The number of rotatable bonds is 39. The lowest BCUT2D eigenvalue weighted by atomic mass is 9.54. The summed E-state index contributed by atoms with van der Waals surface area (Å²) in [7, 11) is 0. The van der Waals surface area contributed by atoms with Crippen LogP contribution in [0.2, 0.25) is 0 Å². The fourth-order valence-electron chi connectivity index (χ4n) is 31.6. The standard InChI is InChI=1S/C112H156O10/c1-13-89(91-16-26-99(27-17-91)114-104(69(4)5)119-109-56-77-38-78(57-109)40-79(39-77)58-109)50-96(93-20-30-101(31-21-93)116-106(71(8)9)121-111-62-83-44-84(63-111)46-85(45-83)64-111)52-97(94-22-32-102(33-23-94)117-107(72(10)11)122-112-65-86-47-87(66-112)49-88(48-86)67-112)51-95(92-18-28-100(29-19-92)115-105(70(6)7)120-110-59-80-41-81(60-110)43-82(42-80)61-110)34-73(12)90-14-24-98(25-15-90)113-103(68(2)3)118-108-53-74-35-75(54-108)37-76(36-74)55-108/h14-33,68-89,95-97,103-107H,13,34-67H2,1-12H3. The van der Waals surface area contributed by atoms with Crippen LogP contribution in [-0.2, 0) is 23.7 Å². The van der Waals surface area contributed by atoms with E-state index in [-0.39, 0.29) is 119 Å². The van der Waals surface area contributed by atoms with Crippen LogP contribution in [0.15, 0.2) is 121 Å². The summed E-state index contributed by atoms with van der Waals surface area (Å²) < 4.78 is 72.4. The molecule has 664 valence electrons. The van der Waals surface area contributed by atoms with Gasteiger partial charge in [-0.15, -0.1) is 0 Å². The summed E-state index contributed by atoms with van der Waals surface area (Å²) in [6.07, 6.45) is 42.1. The van der Waals surface area contributed by atoms with Crippen molar-refractivity contribution in [1.29, 1.82) is 0 Å². The highest BCUT2D eigenvalue weighted by Gasteiger charge is 2.59. The molecule has 10 nitrogen and oxygen atoms in total. The third-order valence-electron chi connectivity index (χ3n) is 35.4. The van der Waals surface area contributed by atoms with Gasteiger partial charge in [0.25, 0.3) is 0 Å². The van der Waals surface area contributed by atoms with Crippen LogP contribution < -0.4 is 23.7 Å². The maximum atomic E-state index is 7.42. The molecule has 10 unspecified atom stereocenters. The van der Waals surface area contributed by atoms with Crippen LogP contribution in [0, 0.1) is 118 Å². The summed E-state index contributed by atoms with van der Waals surface area (Å²) in [5.74, 6) is 18.6. The highest BCUT2D eigenvalue weighted by Crippen LogP contribution is 2.64.